The number of benzene rings is 1. The molecule has 0 amide bonds. The fourth-order valence-corrected chi connectivity index (χ4v) is 2.56. The van der Waals surface area contributed by atoms with Crippen molar-refractivity contribution in [3.05, 3.63) is 64.5 Å². The van der Waals surface area contributed by atoms with Crippen molar-refractivity contribution in [3.63, 3.8) is 0 Å². The Hall–Kier alpha value is -2.54. The lowest BCUT2D eigenvalue weighted by Gasteiger charge is -2.09. The standard InChI is InChI=1S/C16H15BrN6/c1-11-5-6-14(13(17)8-11)21-16-22-15(10-20-23-16)19-9-12-4-2-3-7-18-12/h2-8,10H,9H2,1H3,(H2,19,21,22,23). The van der Waals surface area contributed by atoms with Crippen molar-refractivity contribution in [2.75, 3.05) is 10.6 Å². The number of anilines is 3. The van der Waals surface area contributed by atoms with Gasteiger partial charge in [-0.05, 0) is 52.7 Å². The molecule has 116 valence electrons. The molecule has 0 radical (unpaired) electrons. The van der Waals surface area contributed by atoms with E-state index < -0.39 is 0 Å². The zero-order valence-corrected chi connectivity index (χ0v) is 14.1. The van der Waals surface area contributed by atoms with Crippen LogP contribution in [0, 0.1) is 6.92 Å². The van der Waals surface area contributed by atoms with E-state index in [0.717, 1.165) is 15.9 Å². The lowest BCUT2D eigenvalue weighted by molar-refractivity contribution is 0.955. The normalized spacial score (nSPS) is 10.3. The molecule has 0 saturated carbocycles. The van der Waals surface area contributed by atoms with E-state index in [9.17, 15) is 0 Å². The Morgan fingerprint density at radius 2 is 2.09 bits per heavy atom. The van der Waals surface area contributed by atoms with Crippen LogP contribution >= 0.6 is 15.9 Å². The molecule has 0 aliphatic rings. The molecule has 0 aliphatic heterocycles. The second kappa shape index (κ2) is 7.15. The lowest BCUT2D eigenvalue weighted by Crippen LogP contribution is -2.06. The van der Waals surface area contributed by atoms with Crippen molar-refractivity contribution < 1.29 is 0 Å². The fourth-order valence-electron chi connectivity index (χ4n) is 1.97. The molecule has 0 aliphatic carbocycles. The number of halogens is 1. The van der Waals surface area contributed by atoms with E-state index in [4.69, 9.17) is 0 Å². The molecule has 3 aromatic rings. The third kappa shape index (κ3) is 4.23. The summed E-state index contributed by atoms with van der Waals surface area (Å²) in [6, 6.07) is 11.8. The molecule has 0 unspecified atom stereocenters. The van der Waals surface area contributed by atoms with E-state index in [1.54, 1.807) is 12.4 Å². The first-order valence-electron chi connectivity index (χ1n) is 7.07. The Morgan fingerprint density at radius 1 is 1.17 bits per heavy atom. The van der Waals surface area contributed by atoms with Crippen LogP contribution in [-0.4, -0.2) is 20.2 Å². The van der Waals surface area contributed by atoms with Crippen molar-refractivity contribution in [2.24, 2.45) is 0 Å². The highest BCUT2D eigenvalue weighted by Gasteiger charge is 2.05. The summed E-state index contributed by atoms with van der Waals surface area (Å²) in [5, 5.41) is 14.3. The maximum atomic E-state index is 4.40. The van der Waals surface area contributed by atoms with Crippen molar-refractivity contribution in [3.8, 4) is 0 Å². The van der Waals surface area contributed by atoms with Crippen LogP contribution in [0.25, 0.3) is 0 Å². The molecule has 0 fully saturated rings. The van der Waals surface area contributed by atoms with Gasteiger partial charge in [-0.25, -0.2) is 0 Å². The first-order chi connectivity index (χ1) is 11.2. The molecule has 2 aromatic heterocycles. The first kappa shape index (κ1) is 15.4. The zero-order valence-electron chi connectivity index (χ0n) is 12.5. The van der Waals surface area contributed by atoms with Crippen LogP contribution in [0.3, 0.4) is 0 Å². The molecule has 3 rings (SSSR count). The number of aromatic nitrogens is 4. The molecule has 7 heteroatoms. The number of nitrogens with one attached hydrogen (secondary N) is 2. The summed E-state index contributed by atoms with van der Waals surface area (Å²) in [6.07, 6.45) is 3.34. The minimum absolute atomic E-state index is 0.431. The Balaban J connectivity index is 1.69. The van der Waals surface area contributed by atoms with Crippen molar-refractivity contribution in [1.82, 2.24) is 20.2 Å². The van der Waals surface area contributed by atoms with Crippen LogP contribution in [0.4, 0.5) is 17.5 Å². The van der Waals surface area contributed by atoms with Gasteiger partial charge in [0, 0.05) is 10.7 Å². The molecule has 23 heavy (non-hydrogen) atoms. The van der Waals surface area contributed by atoms with E-state index in [1.165, 1.54) is 5.56 Å². The predicted octanol–water partition coefficient (Wildman–Crippen LogP) is 3.69. The highest BCUT2D eigenvalue weighted by molar-refractivity contribution is 9.10. The van der Waals surface area contributed by atoms with Crippen LogP contribution in [0.2, 0.25) is 0 Å². The molecule has 0 spiro atoms. The van der Waals surface area contributed by atoms with E-state index >= 15 is 0 Å². The zero-order chi connectivity index (χ0) is 16.1. The van der Waals surface area contributed by atoms with Gasteiger partial charge in [0.2, 0.25) is 5.95 Å². The minimum atomic E-state index is 0.431. The van der Waals surface area contributed by atoms with Crippen LogP contribution in [0.15, 0.2) is 53.3 Å². The summed E-state index contributed by atoms with van der Waals surface area (Å²) >= 11 is 3.52. The quantitative estimate of drug-likeness (QED) is 0.713. The monoisotopic (exact) mass is 370 g/mol. The van der Waals surface area contributed by atoms with Crippen molar-refractivity contribution >= 4 is 33.4 Å². The van der Waals surface area contributed by atoms with Crippen LogP contribution < -0.4 is 10.6 Å². The smallest absolute Gasteiger partial charge is 0.249 e. The molecule has 0 atom stereocenters. The molecule has 6 nitrogen and oxygen atoms in total. The van der Waals surface area contributed by atoms with Gasteiger partial charge in [-0.3, -0.25) is 4.98 Å². The van der Waals surface area contributed by atoms with Gasteiger partial charge < -0.3 is 10.6 Å². The molecular weight excluding hydrogens is 356 g/mol. The van der Waals surface area contributed by atoms with E-state index in [1.807, 2.05) is 43.3 Å². The van der Waals surface area contributed by atoms with Crippen molar-refractivity contribution in [1.29, 1.82) is 0 Å². The second-order valence-electron chi connectivity index (χ2n) is 4.95. The molecule has 0 bridgehead atoms. The molecular formula is C16H15BrN6. The van der Waals surface area contributed by atoms with Gasteiger partial charge in [0.15, 0.2) is 5.82 Å². The third-order valence-electron chi connectivity index (χ3n) is 3.11. The maximum Gasteiger partial charge on any atom is 0.249 e. The average molecular weight is 371 g/mol. The summed E-state index contributed by atoms with van der Waals surface area (Å²) in [4.78, 5) is 8.66. The molecule has 2 heterocycles. The van der Waals surface area contributed by atoms with Crippen LogP contribution in [-0.2, 0) is 6.54 Å². The summed E-state index contributed by atoms with van der Waals surface area (Å²) in [5.41, 5.74) is 2.99. The highest BCUT2D eigenvalue weighted by Crippen LogP contribution is 2.25. The van der Waals surface area contributed by atoms with Crippen molar-refractivity contribution in [2.45, 2.75) is 13.5 Å². The Bertz CT molecular complexity index is 794. The largest absolute Gasteiger partial charge is 0.363 e. The second-order valence-corrected chi connectivity index (χ2v) is 5.80. The van der Waals surface area contributed by atoms with Gasteiger partial charge >= 0.3 is 0 Å². The van der Waals surface area contributed by atoms with E-state index in [-0.39, 0.29) is 0 Å². The maximum absolute atomic E-state index is 4.40. The van der Waals surface area contributed by atoms with Gasteiger partial charge in [-0.15, -0.1) is 5.10 Å². The summed E-state index contributed by atoms with van der Waals surface area (Å²) in [6.45, 7) is 2.61. The van der Waals surface area contributed by atoms with E-state index in [2.05, 4.69) is 46.7 Å². The molecule has 0 saturated heterocycles. The molecule has 2 N–H and O–H groups in total. The summed E-state index contributed by atoms with van der Waals surface area (Å²) in [5.74, 6) is 1.07. The Morgan fingerprint density at radius 3 is 2.87 bits per heavy atom. The summed E-state index contributed by atoms with van der Waals surface area (Å²) < 4.78 is 0.952. The topological polar surface area (TPSA) is 75.6 Å². The highest BCUT2D eigenvalue weighted by atomic mass is 79.9. The number of hydrogen-bond acceptors (Lipinski definition) is 6. The third-order valence-corrected chi connectivity index (χ3v) is 3.76. The van der Waals surface area contributed by atoms with Crippen LogP contribution in [0.5, 0.6) is 0 Å². The minimum Gasteiger partial charge on any atom is -0.363 e. The predicted molar refractivity (Wildman–Crippen MR) is 93.6 cm³/mol. The Kier molecular flexibility index (Phi) is 4.77. The number of rotatable bonds is 5. The summed E-state index contributed by atoms with van der Waals surface area (Å²) in [7, 11) is 0. The number of aryl methyl sites for hydroxylation is 1. The molecule has 1 aromatic carbocycles. The van der Waals surface area contributed by atoms with E-state index in [0.29, 0.717) is 18.3 Å². The Labute approximate surface area is 142 Å². The van der Waals surface area contributed by atoms with Gasteiger partial charge in [0.1, 0.15) is 0 Å². The van der Waals surface area contributed by atoms with Gasteiger partial charge in [0.25, 0.3) is 0 Å². The number of hydrogen-bond donors (Lipinski definition) is 2. The lowest BCUT2D eigenvalue weighted by atomic mass is 10.2. The van der Waals surface area contributed by atoms with Crippen LogP contribution in [0.1, 0.15) is 11.3 Å². The first-order valence-corrected chi connectivity index (χ1v) is 7.87. The number of pyridine rings is 1. The van der Waals surface area contributed by atoms with Gasteiger partial charge in [-0.1, -0.05) is 12.1 Å². The fraction of sp³-hybridized carbons (Fsp3) is 0.125. The number of nitrogens with zero attached hydrogens (tertiary/aromatic N) is 4. The van der Waals surface area contributed by atoms with Gasteiger partial charge in [-0.2, -0.15) is 10.1 Å². The van der Waals surface area contributed by atoms with Gasteiger partial charge in [0.05, 0.1) is 24.1 Å². The SMILES string of the molecule is Cc1ccc(Nc2nncc(NCc3ccccn3)n2)c(Br)c1. The average Bonchev–Trinajstić information content (AvgIpc) is 2.57.